The molecule has 0 radical (unpaired) electrons. The number of aromatic hydroxyl groups is 1. The van der Waals surface area contributed by atoms with E-state index in [9.17, 15) is 0 Å². The zero-order chi connectivity index (χ0) is 7.84. The predicted molar refractivity (Wildman–Crippen MR) is 37.2 cm³/mol. The average Bonchev–Trinajstić information content (AvgIpc) is 2.31. The third kappa shape index (κ3) is 0.813. The molecule has 0 amide bonds. The molecule has 0 aliphatic carbocycles. The molecule has 56 valence electrons. The van der Waals surface area contributed by atoms with Gasteiger partial charge in [0.1, 0.15) is 0 Å². The van der Waals surface area contributed by atoms with Gasteiger partial charge in [-0.15, -0.1) is 5.10 Å². The molecule has 2 aromatic heterocycles. The van der Waals surface area contributed by atoms with Gasteiger partial charge in [-0.05, 0) is 13.0 Å². The third-order valence-electron chi connectivity index (χ3n) is 1.42. The number of aromatic nitrogens is 4. The Morgan fingerprint density at radius 1 is 1.55 bits per heavy atom. The van der Waals surface area contributed by atoms with Crippen LogP contribution in [0.25, 0.3) is 5.78 Å². The summed E-state index contributed by atoms with van der Waals surface area (Å²) in [6, 6.07) is 1.55. The SMILES string of the molecule is Cc1ccnc2nc(O)nn12. The lowest BCUT2D eigenvalue weighted by Gasteiger charge is -1.92. The van der Waals surface area contributed by atoms with E-state index in [-0.39, 0.29) is 6.01 Å². The van der Waals surface area contributed by atoms with Gasteiger partial charge in [-0.3, -0.25) is 0 Å². The summed E-state index contributed by atoms with van der Waals surface area (Å²) in [5.41, 5.74) is 0.891. The summed E-state index contributed by atoms with van der Waals surface area (Å²) in [5.74, 6) is 0.419. The second-order valence-electron chi connectivity index (χ2n) is 2.21. The fourth-order valence-electron chi connectivity index (χ4n) is 0.896. The van der Waals surface area contributed by atoms with Crippen LogP contribution in [0.2, 0.25) is 0 Å². The van der Waals surface area contributed by atoms with Gasteiger partial charge in [0.05, 0.1) is 0 Å². The van der Waals surface area contributed by atoms with Gasteiger partial charge in [0, 0.05) is 11.9 Å². The van der Waals surface area contributed by atoms with Crippen LogP contribution >= 0.6 is 0 Å². The summed E-state index contributed by atoms with van der Waals surface area (Å²) in [6.45, 7) is 1.86. The number of aryl methyl sites for hydroxylation is 1. The molecule has 0 aliphatic heterocycles. The summed E-state index contributed by atoms with van der Waals surface area (Å²) in [7, 11) is 0. The second kappa shape index (κ2) is 1.91. The number of fused-ring (bicyclic) bond motifs is 1. The minimum atomic E-state index is -0.244. The Morgan fingerprint density at radius 3 is 3.09 bits per heavy atom. The molecule has 0 spiro atoms. The highest BCUT2D eigenvalue weighted by atomic mass is 16.3. The van der Waals surface area contributed by atoms with E-state index in [1.807, 2.05) is 6.92 Å². The Morgan fingerprint density at radius 2 is 2.36 bits per heavy atom. The van der Waals surface area contributed by atoms with Crippen molar-refractivity contribution in [2.24, 2.45) is 0 Å². The maximum atomic E-state index is 8.90. The monoisotopic (exact) mass is 150 g/mol. The molecule has 0 bridgehead atoms. The molecular weight excluding hydrogens is 144 g/mol. The largest absolute Gasteiger partial charge is 0.478 e. The van der Waals surface area contributed by atoms with E-state index >= 15 is 0 Å². The zero-order valence-corrected chi connectivity index (χ0v) is 5.89. The molecule has 2 aromatic rings. The van der Waals surface area contributed by atoms with E-state index in [1.165, 1.54) is 4.52 Å². The van der Waals surface area contributed by atoms with Crippen LogP contribution in [0.3, 0.4) is 0 Å². The number of hydrogen-bond donors (Lipinski definition) is 1. The first-order valence-electron chi connectivity index (χ1n) is 3.15. The molecular formula is C6H6N4O. The van der Waals surface area contributed by atoms with Crippen LogP contribution in [0.15, 0.2) is 12.3 Å². The van der Waals surface area contributed by atoms with Crippen molar-refractivity contribution >= 4 is 5.78 Å². The highest BCUT2D eigenvalue weighted by Crippen LogP contribution is 2.04. The van der Waals surface area contributed by atoms with Crippen molar-refractivity contribution in [3.05, 3.63) is 18.0 Å². The lowest BCUT2D eigenvalue weighted by molar-refractivity contribution is 0.431. The van der Waals surface area contributed by atoms with Crippen molar-refractivity contribution < 1.29 is 5.11 Å². The van der Waals surface area contributed by atoms with Crippen molar-refractivity contribution in [2.75, 3.05) is 0 Å². The van der Waals surface area contributed by atoms with Crippen LogP contribution < -0.4 is 0 Å². The van der Waals surface area contributed by atoms with Crippen LogP contribution in [0.4, 0.5) is 0 Å². The summed E-state index contributed by atoms with van der Waals surface area (Å²) >= 11 is 0. The fraction of sp³-hybridized carbons (Fsp3) is 0.167. The van der Waals surface area contributed by atoms with Gasteiger partial charge in [-0.25, -0.2) is 4.98 Å². The maximum absolute atomic E-state index is 8.90. The topological polar surface area (TPSA) is 63.3 Å². The highest BCUT2D eigenvalue weighted by molar-refractivity contribution is 5.28. The van der Waals surface area contributed by atoms with E-state index in [2.05, 4.69) is 15.1 Å². The van der Waals surface area contributed by atoms with Crippen molar-refractivity contribution in [1.82, 2.24) is 19.6 Å². The minimum absolute atomic E-state index is 0.244. The molecule has 2 heterocycles. The summed E-state index contributed by atoms with van der Waals surface area (Å²) in [4.78, 5) is 7.56. The molecule has 0 fully saturated rings. The van der Waals surface area contributed by atoms with E-state index in [0.717, 1.165) is 5.69 Å². The highest BCUT2D eigenvalue weighted by Gasteiger charge is 2.02. The Balaban J connectivity index is 2.90. The van der Waals surface area contributed by atoms with Crippen molar-refractivity contribution in [3.8, 4) is 6.01 Å². The van der Waals surface area contributed by atoms with Crippen molar-refractivity contribution in [3.63, 3.8) is 0 Å². The number of nitrogens with zero attached hydrogens (tertiary/aromatic N) is 4. The average molecular weight is 150 g/mol. The Labute approximate surface area is 62.3 Å². The quantitative estimate of drug-likeness (QED) is 0.580. The molecule has 0 saturated heterocycles. The molecule has 5 heteroatoms. The zero-order valence-electron chi connectivity index (χ0n) is 5.89. The summed E-state index contributed by atoms with van der Waals surface area (Å²) in [5, 5.41) is 12.6. The van der Waals surface area contributed by atoms with Crippen LogP contribution in [-0.4, -0.2) is 24.7 Å². The van der Waals surface area contributed by atoms with Crippen LogP contribution in [0.1, 0.15) is 5.69 Å². The number of hydrogen-bond acceptors (Lipinski definition) is 4. The number of rotatable bonds is 0. The Kier molecular flexibility index (Phi) is 1.06. The first-order valence-corrected chi connectivity index (χ1v) is 3.15. The molecule has 2 rings (SSSR count). The van der Waals surface area contributed by atoms with E-state index < -0.39 is 0 Å². The molecule has 0 unspecified atom stereocenters. The van der Waals surface area contributed by atoms with E-state index in [4.69, 9.17) is 5.11 Å². The maximum Gasteiger partial charge on any atom is 0.335 e. The Bertz CT molecular complexity index is 394. The second-order valence-corrected chi connectivity index (χ2v) is 2.21. The lowest BCUT2D eigenvalue weighted by Crippen LogP contribution is -1.93. The summed E-state index contributed by atoms with van der Waals surface area (Å²) < 4.78 is 1.48. The van der Waals surface area contributed by atoms with Gasteiger partial charge < -0.3 is 5.11 Å². The van der Waals surface area contributed by atoms with Crippen LogP contribution in [0.5, 0.6) is 6.01 Å². The van der Waals surface area contributed by atoms with Gasteiger partial charge in [0.2, 0.25) is 0 Å². The molecule has 5 nitrogen and oxygen atoms in total. The molecule has 0 aliphatic rings. The van der Waals surface area contributed by atoms with Crippen LogP contribution in [-0.2, 0) is 0 Å². The van der Waals surface area contributed by atoms with Crippen LogP contribution in [0, 0.1) is 6.92 Å². The van der Waals surface area contributed by atoms with Gasteiger partial charge in [0.25, 0.3) is 5.78 Å². The predicted octanol–water partition coefficient (Wildman–Crippen LogP) is 0.138. The van der Waals surface area contributed by atoms with E-state index in [1.54, 1.807) is 12.3 Å². The minimum Gasteiger partial charge on any atom is -0.478 e. The van der Waals surface area contributed by atoms with Gasteiger partial charge >= 0.3 is 6.01 Å². The lowest BCUT2D eigenvalue weighted by atomic mass is 10.5. The molecule has 0 saturated carbocycles. The molecule has 0 aromatic carbocycles. The molecule has 0 atom stereocenters. The van der Waals surface area contributed by atoms with E-state index in [0.29, 0.717) is 5.78 Å². The molecule has 1 N–H and O–H groups in total. The summed E-state index contributed by atoms with van der Waals surface area (Å²) in [6.07, 6.45) is 1.62. The first-order chi connectivity index (χ1) is 5.27. The van der Waals surface area contributed by atoms with Crippen molar-refractivity contribution in [2.45, 2.75) is 6.92 Å². The third-order valence-corrected chi connectivity index (χ3v) is 1.42. The standard InChI is InChI=1S/C6H6N4O/c1-4-2-3-7-5-8-6(11)9-10(4)5/h2-3H,1H3,(H,9,11). The fourth-order valence-corrected chi connectivity index (χ4v) is 0.896. The van der Waals surface area contributed by atoms with Crippen molar-refractivity contribution in [1.29, 1.82) is 0 Å². The van der Waals surface area contributed by atoms with Gasteiger partial charge in [0.15, 0.2) is 0 Å². The van der Waals surface area contributed by atoms with Gasteiger partial charge in [-0.2, -0.15) is 9.50 Å². The smallest absolute Gasteiger partial charge is 0.335 e. The van der Waals surface area contributed by atoms with Gasteiger partial charge in [-0.1, -0.05) is 0 Å². The Hall–Kier alpha value is -1.65. The normalized spacial score (nSPS) is 10.6. The molecule has 11 heavy (non-hydrogen) atoms. The first kappa shape index (κ1) is 6.09.